The maximum atomic E-state index is 12.3. The second-order valence-corrected chi connectivity index (χ2v) is 6.28. The van der Waals surface area contributed by atoms with Gasteiger partial charge in [0.05, 0.1) is 48.1 Å². The van der Waals surface area contributed by atoms with Gasteiger partial charge >= 0.3 is 11.9 Å². The van der Waals surface area contributed by atoms with Crippen LogP contribution in [-0.4, -0.2) is 55.9 Å². The van der Waals surface area contributed by atoms with Crippen LogP contribution in [0.4, 0.5) is 11.4 Å². The Balaban J connectivity index is 1.76. The number of nitrogens with zero attached hydrogens (tertiary/aromatic N) is 2. The van der Waals surface area contributed by atoms with Crippen LogP contribution in [0.1, 0.15) is 31.1 Å². The SMILES string of the molecule is COC(=O)c1ccc(OCCN2C(=O)C(=O)c3cc([N+](=O)[O-])ccc32)cc1C(=O)OC. The highest BCUT2D eigenvalue weighted by atomic mass is 16.6. The summed E-state index contributed by atoms with van der Waals surface area (Å²) in [6.07, 6.45) is 0. The van der Waals surface area contributed by atoms with Gasteiger partial charge in [0, 0.05) is 12.1 Å². The molecule has 11 heteroatoms. The van der Waals surface area contributed by atoms with E-state index in [-0.39, 0.29) is 47.0 Å². The van der Waals surface area contributed by atoms with Crippen molar-refractivity contribution in [3.63, 3.8) is 0 Å². The zero-order valence-corrected chi connectivity index (χ0v) is 16.4. The molecule has 0 fully saturated rings. The van der Waals surface area contributed by atoms with Gasteiger partial charge in [-0.15, -0.1) is 0 Å². The third kappa shape index (κ3) is 4.06. The normalized spacial score (nSPS) is 12.4. The number of nitro groups is 1. The van der Waals surface area contributed by atoms with Gasteiger partial charge < -0.3 is 19.1 Å². The maximum Gasteiger partial charge on any atom is 0.338 e. The average Bonchev–Trinajstić information content (AvgIpc) is 3.02. The summed E-state index contributed by atoms with van der Waals surface area (Å²) < 4.78 is 14.9. The number of ketones is 1. The maximum absolute atomic E-state index is 12.3. The van der Waals surface area contributed by atoms with Crippen LogP contribution >= 0.6 is 0 Å². The molecule has 11 nitrogen and oxygen atoms in total. The van der Waals surface area contributed by atoms with Gasteiger partial charge in [-0.2, -0.15) is 0 Å². The van der Waals surface area contributed by atoms with E-state index in [2.05, 4.69) is 9.47 Å². The monoisotopic (exact) mass is 428 g/mol. The van der Waals surface area contributed by atoms with Crippen molar-refractivity contribution in [2.24, 2.45) is 0 Å². The van der Waals surface area contributed by atoms with Crippen LogP contribution in [0.5, 0.6) is 5.75 Å². The Hall–Kier alpha value is -4.28. The Kier molecular flexibility index (Phi) is 5.95. The second kappa shape index (κ2) is 8.61. The molecule has 0 spiro atoms. The van der Waals surface area contributed by atoms with E-state index >= 15 is 0 Å². The number of hydrogen-bond acceptors (Lipinski definition) is 9. The Bertz CT molecular complexity index is 1110. The average molecular weight is 428 g/mol. The van der Waals surface area contributed by atoms with E-state index in [9.17, 15) is 29.3 Å². The number of rotatable bonds is 7. The van der Waals surface area contributed by atoms with E-state index in [0.717, 1.165) is 18.1 Å². The van der Waals surface area contributed by atoms with Crippen LogP contribution in [0.25, 0.3) is 0 Å². The summed E-state index contributed by atoms with van der Waals surface area (Å²) in [5.41, 5.74) is -0.149. The molecule has 2 aromatic rings. The van der Waals surface area contributed by atoms with Crippen LogP contribution in [0.2, 0.25) is 0 Å². The number of esters is 2. The van der Waals surface area contributed by atoms with Crippen molar-refractivity contribution in [2.45, 2.75) is 0 Å². The van der Waals surface area contributed by atoms with E-state index in [0.29, 0.717) is 0 Å². The van der Waals surface area contributed by atoms with E-state index in [1.165, 1.54) is 37.4 Å². The van der Waals surface area contributed by atoms with Gasteiger partial charge in [-0.25, -0.2) is 9.59 Å². The molecule has 1 amide bonds. The van der Waals surface area contributed by atoms with Gasteiger partial charge in [-0.1, -0.05) is 0 Å². The van der Waals surface area contributed by atoms with Crippen LogP contribution in [-0.2, 0) is 14.3 Å². The lowest BCUT2D eigenvalue weighted by Crippen LogP contribution is -2.33. The Morgan fingerprint density at radius 3 is 2.32 bits per heavy atom. The number of Topliss-reactive ketones (excluding diaryl/α,β-unsaturated/α-hetero) is 1. The largest absolute Gasteiger partial charge is 0.492 e. The zero-order valence-electron chi connectivity index (χ0n) is 16.4. The number of amides is 1. The molecule has 0 aliphatic carbocycles. The molecule has 0 atom stereocenters. The second-order valence-electron chi connectivity index (χ2n) is 6.28. The minimum Gasteiger partial charge on any atom is -0.492 e. The number of anilines is 1. The minimum absolute atomic E-state index is 0.00228. The molecular weight excluding hydrogens is 412 g/mol. The molecule has 0 bridgehead atoms. The highest BCUT2D eigenvalue weighted by Gasteiger charge is 2.36. The van der Waals surface area contributed by atoms with Crippen molar-refractivity contribution >= 4 is 35.0 Å². The molecule has 0 saturated heterocycles. The van der Waals surface area contributed by atoms with E-state index < -0.39 is 28.6 Å². The van der Waals surface area contributed by atoms with Crippen molar-refractivity contribution in [1.82, 2.24) is 0 Å². The summed E-state index contributed by atoms with van der Waals surface area (Å²) in [7, 11) is 2.34. The van der Waals surface area contributed by atoms with Crippen molar-refractivity contribution in [2.75, 3.05) is 32.3 Å². The first-order chi connectivity index (χ1) is 14.8. The molecule has 1 aliphatic heterocycles. The minimum atomic E-state index is -0.839. The highest BCUT2D eigenvalue weighted by molar-refractivity contribution is 6.52. The lowest BCUT2D eigenvalue weighted by Gasteiger charge is -2.17. The number of fused-ring (bicyclic) bond motifs is 1. The van der Waals surface area contributed by atoms with Crippen molar-refractivity contribution < 1.29 is 38.3 Å². The predicted molar refractivity (Wildman–Crippen MR) is 104 cm³/mol. The van der Waals surface area contributed by atoms with Gasteiger partial charge in [0.1, 0.15) is 12.4 Å². The number of nitro benzene ring substituents is 1. The quantitative estimate of drug-likeness (QED) is 0.279. The van der Waals surface area contributed by atoms with Gasteiger partial charge in [0.2, 0.25) is 0 Å². The molecule has 160 valence electrons. The third-order valence-electron chi connectivity index (χ3n) is 4.55. The van der Waals surface area contributed by atoms with Crippen LogP contribution in [0.3, 0.4) is 0 Å². The van der Waals surface area contributed by atoms with Gasteiger partial charge in [-0.3, -0.25) is 19.7 Å². The number of methoxy groups -OCH3 is 2. The molecule has 0 N–H and O–H groups in total. The molecule has 2 aromatic carbocycles. The molecule has 0 unspecified atom stereocenters. The van der Waals surface area contributed by atoms with E-state index in [1.54, 1.807) is 0 Å². The molecule has 1 aliphatic rings. The fourth-order valence-electron chi connectivity index (χ4n) is 3.06. The fourth-order valence-corrected chi connectivity index (χ4v) is 3.06. The number of benzene rings is 2. The summed E-state index contributed by atoms with van der Waals surface area (Å²) in [6.45, 7) is -0.0880. The molecule has 0 radical (unpaired) electrons. The predicted octanol–water partition coefficient (Wildman–Crippen LogP) is 1.78. The summed E-state index contributed by atoms with van der Waals surface area (Å²) in [4.78, 5) is 59.6. The van der Waals surface area contributed by atoms with Crippen molar-refractivity contribution in [3.8, 4) is 5.75 Å². The summed E-state index contributed by atoms with van der Waals surface area (Å²) in [6, 6.07) is 7.67. The molecule has 31 heavy (non-hydrogen) atoms. The molecular formula is C20H16N2O9. The first kappa shape index (κ1) is 21.4. The first-order valence-electron chi connectivity index (χ1n) is 8.86. The number of ether oxygens (including phenoxy) is 3. The highest BCUT2D eigenvalue weighted by Crippen LogP contribution is 2.32. The molecule has 3 rings (SSSR count). The number of carbonyl (C=O) groups is 4. The van der Waals surface area contributed by atoms with E-state index in [1.807, 2.05) is 0 Å². The topological polar surface area (TPSA) is 142 Å². The summed E-state index contributed by atoms with van der Waals surface area (Å²) >= 11 is 0. The Morgan fingerprint density at radius 1 is 1.00 bits per heavy atom. The molecule has 0 saturated carbocycles. The Morgan fingerprint density at radius 2 is 1.68 bits per heavy atom. The van der Waals surface area contributed by atoms with Crippen molar-refractivity contribution in [3.05, 3.63) is 63.2 Å². The molecule has 0 aromatic heterocycles. The smallest absolute Gasteiger partial charge is 0.338 e. The lowest BCUT2D eigenvalue weighted by molar-refractivity contribution is -0.384. The van der Waals surface area contributed by atoms with Gasteiger partial charge in [0.15, 0.2) is 0 Å². The summed E-state index contributed by atoms with van der Waals surface area (Å²) in [5.74, 6) is -2.93. The zero-order chi connectivity index (χ0) is 22.7. The third-order valence-corrected chi connectivity index (χ3v) is 4.55. The number of hydrogen-bond donors (Lipinski definition) is 0. The van der Waals surface area contributed by atoms with Crippen molar-refractivity contribution in [1.29, 1.82) is 0 Å². The van der Waals surface area contributed by atoms with Crippen LogP contribution in [0, 0.1) is 10.1 Å². The molecule has 1 heterocycles. The van der Waals surface area contributed by atoms with Gasteiger partial charge in [-0.05, 0) is 24.3 Å². The summed E-state index contributed by atoms with van der Waals surface area (Å²) in [5, 5.41) is 10.9. The van der Waals surface area contributed by atoms with Crippen LogP contribution < -0.4 is 9.64 Å². The Labute approximate surface area is 175 Å². The number of non-ortho nitro benzene ring substituents is 1. The van der Waals surface area contributed by atoms with Gasteiger partial charge in [0.25, 0.3) is 17.4 Å². The van der Waals surface area contributed by atoms with E-state index in [4.69, 9.17) is 4.74 Å². The van der Waals surface area contributed by atoms with Crippen LogP contribution in [0.15, 0.2) is 36.4 Å². The first-order valence-corrected chi connectivity index (χ1v) is 8.86. The fraction of sp³-hybridized carbons (Fsp3) is 0.200. The number of carbonyl (C=O) groups excluding carboxylic acids is 4. The standard InChI is InChI=1S/C20H16N2O9/c1-29-19(25)13-5-4-12(10-14(13)20(26)30-2)31-8-7-21-16-6-3-11(22(27)28)9-15(16)17(23)18(21)24/h3-6,9-10H,7-8H2,1-2H3. The lowest BCUT2D eigenvalue weighted by atomic mass is 10.1.